The Labute approximate surface area is 94.2 Å². The Morgan fingerprint density at radius 2 is 1.75 bits per heavy atom. The van der Waals surface area contributed by atoms with E-state index in [9.17, 15) is 9.90 Å². The SMILES string of the molecule is Cc1ccc(-c2ccccc2)c(C(=O)[O-])c1. The summed E-state index contributed by atoms with van der Waals surface area (Å²) in [5.74, 6) is -1.14. The molecule has 0 unspecified atom stereocenters. The molecule has 0 saturated carbocycles. The number of aromatic carboxylic acids is 1. The van der Waals surface area contributed by atoms with Gasteiger partial charge in [0.05, 0.1) is 5.97 Å². The highest BCUT2D eigenvalue weighted by Crippen LogP contribution is 2.23. The number of hydrogen-bond acceptors (Lipinski definition) is 2. The zero-order valence-corrected chi connectivity index (χ0v) is 8.94. The molecule has 0 aliphatic carbocycles. The monoisotopic (exact) mass is 211 g/mol. The van der Waals surface area contributed by atoms with E-state index in [1.54, 1.807) is 6.07 Å². The summed E-state index contributed by atoms with van der Waals surface area (Å²) in [6, 6.07) is 14.8. The predicted molar refractivity (Wildman–Crippen MR) is 60.9 cm³/mol. The van der Waals surface area contributed by atoms with Crippen LogP contribution in [0.3, 0.4) is 0 Å². The molecule has 16 heavy (non-hydrogen) atoms. The minimum absolute atomic E-state index is 0.242. The molecule has 0 aliphatic rings. The van der Waals surface area contributed by atoms with Crippen molar-refractivity contribution in [3.8, 4) is 11.1 Å². The van der Waals surface area contributed by atoms with E-state index in [0.29, 0.717) is 5.56 Å². The van der Waals surface area contributed by atoms with Gasteiger partial charge in [0.2, 0.25) is 0 Å². The third-order valence-electron chi connectivity index (χ3n) is 2.48. The quantitative estimate of drug-likeness (QED) is 0.762. The maximum atomic E-state index is 11.0. The molecule has 0 aliphatic heterocycles. The normalized spacial score (nSPS) is 10.1. The van der Waals surface area contributed by atoms with E-state index in [1.807, 2.05) is 49.4 Å². The molecule has 0 amide bonds. The topological polar surface area (TPSA) is 40.1 Å². The molecule has 80 valence electrons. The van der Waals surface area contributed by atoms with Gasteiger partial charge in [-0.2, -0.15) is 0 Å². The van der Waals surface area contributed by atoms with Crippen molar-refractivity contribution in [3.63, 3.8) is 0 Å². The summed E-state index contributed by atoms with van der Waals surface area (Å²) in [5, 5.41) is 11.0. The molecule has 0 aromatic heterocycles. The van der Waals surface area contributed by atoms with Crippen LogP contribution in [0.15, 0.2) is 48.5 Å². The second-order valence-electron chi connectivity index (χ2n) is 3.70. The molecule has 0 spiro atoms. The molecular weight excluding hydrogens is 200 g/mol. The van der Waals surface area contributed by atoms with Crippen molar-refractivity contribution in [3.05, 3.63) is 59.7 Å². The van der Waals surface area contributed by atoms with E-state index in [2.05, 4.69) is 0 Å². The largest absolute Gasteiger partial charge is 0.545 e. The lowest BCUT2D eigenvalue weighted by atomic mass is 9.98. The molecule has 0 N–H and O–H groups in total. The van der Waals surface area contributed by atoms with Gasteiger partial charge in [0.15, 0.2) is 0 Å². The average Bonchev–Trinajstić information content (AvgIpc) is 2.30. The molecule has 0 saturated heterocycles. The molecule has 2 aromatic carbocycles. The van der Waals surface area contributed by atoms with Crippen LogP contribution in [0.4, 0.5) is 0 Å². The van der Waals surface area contributed by atoms with Crippen LogP contribution < -0.4 is 5.11 Å². The summed E-state index contributed by atoms with van der Waals surface area (Å²) < 4.78 is 0. The highest BCUT2D eigenvalue weighted by Gasteiger charge is 2.05. The fourth-order valence-corrected chi connectivity index (χ4v) is 1.70. The van der Waals surface area contributed by atoms with Crippen LogP contribution in [-0.2, 0) is 0 Å². The lowest BCUT2D eigenvalue weighted by Crippen LogP contribution is -2.23. The van der Waals surface area contributed by atoms with Crippen LogP contribution >= 0.6 is 0 Å². The molecule has 0 bridgehead atoms. The number of carboxylic acid groups (broad SMARTS) is 1. The van der Waals surface area contributed by atoms with Crippen LogP contribution in [0.2, 0.25) is 0 Å². The first-order valence-electron chi connectivity index (χ1n) is 5.06. The van der Waals surface area contributed by atoms with Crippen molar-refractivity contribution in [1.82, 2.24) is 0 Å². The van der Waals surface area contributed by atoms with E-state index in [0.717, 1.165) is 11.1 Å². The summed E-state index contributed by atoms with van der Waals surface area (Å²) in [4.78, 5) is 11.0. The third kappa shape index (κ3) is 1.96. The Balaban J connectivity index is 2.61. The van der Waals surface area contributed by atoms with Crippen molar-refractivity contribution in [2.75, 3.05) is 0 Å². The maximum Gasteiger partial charge on any atom is 0.0721 e. The lowest BCUT2D eigenvalue weighted by molar-refractivity contribution is -0.254. The molecule has 0 radical (unpaired) electrons. The minimum atomic E-state index is -1.14. The second-order valence-corrected chi connectivity index (χ2v) is 3.70. The van der Waals surface area contributed by atoms with Crippen molar-refractivity contribution in [2.24, 2.45) is 0 Å². The first-order chi connectivity index (χ1) is 7.68. The van der Waals surface area contributed by atoms with Gasteiger partial charge in [-0.3, -0.25) is 0 Å². The highest BCUT2D eigenvalue weighted by atomic mass is 16.4. The minimum Gasteiger partial charge on any atom is -0.545 e. The molecule has 2 rings (SSSR count). The van der Waals surface area contributed by atoms with Gasteiger partial charge in [0, 0.05) is 5.56 Å². The van der Waals surface area contributed by atoms with Crippen molar-refractivity contribution in [1.29, 1.82) is 0 Å². The van der Waals surface area contributed by atoms with Gasteiger partial charge in [0.1, 0.15) is 0 Å². The Hall–Kier alpha value is -2.09. The van der Waals surface area contributed by atoms with Gasteiger partial charge in [-0.25, -0.2) is 0 Å². The highest BCUT2D eigenvalue weighted by molar-refractivity contribution is 5.94. The second kappa shape index (κ2) is 4.19. The van der Waals surface area contributed by atoms with Crippen molar-refractivity contribution >= 4 is 5.97 Å². The fourth-order valence-electron chi connectivity index (χ4n) is 1.70. The predicted octanol–water partition coefficient (Wildman–Crippen LogP) is 2.03. The number of aryl methyl sites for hydroxylation is 1. The zero-order chi connectivity index (χ0) is 11.5. The molecule has 2 heteroatoms. The number of rotatable bonds is 2. The summed E-state index contributed by atoms with van der Waals surface area (Å²) in [5.41, 5.74) is 2.75. The van der Waals surface area contributed by atoms with E-state index in [4.69, 9.17) is 0 Å². The van der Waals surface area contributed by atoms with Crippen molar-refractivity contribution < 1.29 is 9.90 Å². The number of carbonyl (C=O) groups is 1. The van der Waals surface area contributed by atoms with Gasteiger partial charge in [-0.1, -0.05) is 48.0 Å². The fraction of sp³-hybridized carbons (Fsp3) is 0.0714. The van der Waals surface area contributed by atoms with Gasteiger partial charge in [-0.15, -0.1) is 0 Å². The van der Waals surface area contributed by atoms with Crippen LogP contribution in [0.5, 0.6) is 0 Å². The number of hydrogen-bond donors (Lipinski definition) is 0. The first-order valence-corrected chi connectivity index (χ1v) is 5.06. The van der Waals surface area contributed by atoms with Crippen LogP contribution in [-0.4, -0.2) is 5.97 Å². The van der Waals surface area contributed by atoms with E-state index in [-0.39, 0.29) is 5.56 Å². The molecule has 2 nitrogen and oxygen atoms in total. The van der Waals surface area contributed by atoms with E-state index in [1.165, 1.54) is 0 Å². The number of carboxylic acids is 1. The van der Waals surface area contributed by atoms with Gasteiger partial charge >= 0.3 is 0 Å². The van der Waals surface area contributed by atoms with Crippen LogP contribution in [0.25, 0.3) is 11.1 Å². The number of carbonyl (C=O) groups excluding carboxylic acids is 1. The van der Waals surface area contributed by atoms with Gasteiger partial charge in [0.25, 0.3) is 0 Å². The zero-order valence-electron chi connectivity index (χ0n) is 8.94. The van der Waals surface area contributed by atoms with Gasteiger partial charge < -0.3 is 9.90 Å². The molecule has 0 atom stereocenters. The van der Waals surface area contributed by atoms with E-state index < -0.39 is 5.97 Å². The Morgan fingerprint density at radius 1 is 1.06 bits per heavy atom. The maximum absolute atomic E-state index is 11.0. The van der Waals surface area contributed by atoms with Crippen molar-refractivity contribution in [2.45, 2.75) is 6.92 Å². The first kappa shape index (κ1) is 10.4. The van der Waals surface area contributed by atoms with Crippen LogP contribution in [0.1, 0.15) is 15.9 Å². The lowest BCUT2D eigenvalue weighted by Gasteiger charge is -2.11. The number of benzene rings is 2. The molecule has 0 heterocycles. The standard InChI is InChI=1S/C14H12O2/c1-10-7-8-12(13(9-10)14(15)16)11-5-3-2-4-6-11/h2-9H,1H3,(H,15,16)/p-1. The molecule has 2 aromatic rings. The van der Waals surface area contributed by atoms with Gasteiger partial charge in [-0.05, 0) is 24.1 Å². The smallest absolute Gasteiger partial charge is 0.0721 e. The molecular formula is C14H11O2-. The molecule has 0 fully saturated rings. The Bertz CT molecular complexity index is 516. The Kier molecular flexibility index (Phi) is 2.73. The third-order valence-corrected chi connectivity index (χ3v) is 2.48. The summed E-state index contributed by atoms with van der Waals surface area (Å²) in [6.07, 6.45) is 0. The average molecular weight is 211 g/mol. The summed E-state index contributed by atoms with van der Waals surface area (Å²) in [7, 11) is 0. The summed E-state index contributed by atoms with van der Waals surface area (Å²) >= 11 is 0. The van der Waals surface area contributed by atoms with Crippen LogP contribution in [0, 0.1) is 6.92 Å². The Morgan fingerprint density at radius 3 is 2.38 bits per heavy atom. The van der Waals surface area contributed by atoms with E-state index >= 15 is 0 Å². The summed E-state index contributed by atoms with van der Waals surface area (Å²) in [6.45, 7) is 1.86.